The van der Waals surface area contributed by atoms with Gasteiger partial charge in [-0.05, 0) is 38.1 Å². The van der Waals surface area contributed by atoms with Gasteiger partial charge in [0.2, 0.25) is 5.91 Å². The van der Waals surface area contributed by atoms with Gasteiger partial charge in [0, 0.05) is 30.9 Å². The molecule has 6 heteroatoms. The van der Waals surface area contributed by atoms with E-state index in [-0.39, 0.29) is 17.9 Å². The average molecular weight is 336 g/mol. The molecule has 2 aromatic heterocycles. The van der Waals surface area contributed by atoms with E-state index in [0.29, 0.717) is 12.2 Å². The van der Waals surface area contributed by atoms with Gasteiger partial charge in [0.15, 0.2) is 0 Å². The Morgan fingerprint density at radius 1 is 1.12 bits per heavy atom. The second-order valence-electron chi connectivity index (χ2n) is 5.89. The SMILES string of the molecule is Cc1cc(C)n(-c2ccccc2NC(=O)CCn2ccccc2=O)n1. The number of aryl methyl sites for hydroxylation is 3. The summed E-state index contributed by atoms with van der Waals surface area (Å²) in [7, 11) is 0. The first kappa shape index (κ1) is 16.7. The molecule has 0 saturated carbocycles. The number of rotatable bonds is 5. The van der Waals surface area contributed by atoms with Crippen LogP contribution in [0.1, 0.15) is 17.8 Å². The van der Waals surface area contributed by atoms with Gasteiger partial charge in [-0.2, -0.15) is 5.10 Å². The molecule has 6 nitrogen and oxygen atoms in total. The van der Waals surface area contributed by atoms with Gasteiger partial charge in [-0.1, -0.05) is 18.2 Å². The summed E-state index contributed by atoms with van der Waals surface area (Å²) in [6.07, 6.45) is 1.90. The molecule has 1 aromatic carbocycles. The number of nitrogens with one attached hydrogen (secondary N) is 1. The molecular formula is C19H20N4O2. The third kappa shape index (κ3) is 3.85. The number of hydrogen-bond acceptors (Lipinski definition) is 3. The minimum atomic E-state index is -0.148. The van der Waals surface area contributed by atoms with Crippen LogP contribution in [0.15, 0.2) is 59.5 Å². The molecule has 0 saturated heterocycles. The van der Waals surface area contributed by atoms with Crippen molar-refractivity contribution in [3.8, 4) is 5.69 Å². The summed E-state index contributed by atoms with van der Waals surface area (Å²) >= 11 is 0. The quantitative estimate of drug-likeness (QED) is 0.779. The van der Waals surface area contributed by atoms with Gasteiger partial charge in [-0.25, -0.2) is 4.68 Å². The largest absolute Gasteiger partial charge is 0.324 e. The van der Waals surface area contributed by atoms with Crippen molar-refractivity contribution in [2.45, 2.75) is 26.8 Å². The summed E-state index contributed by atoms with van der Waals surface area (Å²) in [6, 6.07) is 14.5. The number of nitrogens with zero attached hydrogens (tertiary/aromatic N) is 3. The molecule has 0 bridgehead atoms. The predicted octanol–water partition coefficient (Wildman–Crippen LogP) is 2.68. The highest BCUT2D eigenvalue weighted by Gasteiger charge is 2.11. The van der Waals surface area contributed by atoms with Crippen molar-refractivity contribution >= 4 is 11.6 Å². The lowest BCUT2D eigenvalue weighted by atomic mass is 10.2. The number of para-hydroxylation sites is 2. The van der Waals surface area contributed by atoms with Gasteiger partial charge in [-0.3, -0.25) is 9.59 Å². The van der Waals surface area contributed by atoms with Crippen LogP contribution < -0.4 is 10.9 Å². The van der Waals surface area contributed by atoms with E-state index in [2.05, 4.69) is 10.4 Å². The van der Waals surface area contributed by atoms with Crippen LogP contribution in [-0.2, 0) is 11.3 Å². The van der Waals surface area contributed by atoms with E-state index in [0.717, 1.165) is 17.1 Å². The Balaban J connectivity index is 1.75. The third-order valence-corrected chi connectivity index (χ3v) is 3.89. The maximum absolute atomic E-state index is 12.3. The van der Waals surface area contributed by atoms with Gasteiger partial charge in [-0.15, -0.1) is 0 Å². The maximum atomic E-state index is 12.3. The van der Waals surface area contributed by atoms with Gasteiger partial charge in [0.05, 0.1) is 17.1 Å². The molecule has 0 fully saturated rings. The Morgan fingerprint density at radius 3 is 2.60 bits per heavy atom. The standard InChI is InChI=1S/C19H20N4O2/c1-14-13-15(2)23(21-14)17-8-4-3-7-16(17)20-18(24)10-12-22-11-6-5-9-19(22)25/h3-9,11,13H,10,12H2,1-2H3,(H,20,24). The predicted molar refractivity (Wildman–Crippen MR) is 97.0 cm³/mol. The van der Waals surface area contributed by atoms with E-state index in [4.69, 9.17) is 0 Å². The summed E-state index contributed by atoms with van der Waals surface area (Å²) in [5.41, 5.74) is 3.31. The molecule has 0 unspecified atom stereocenters. The summed E-state index contributed by atoms with van der Waals surface area (Å²) in [6.45, 7) is 4.25. The van der Waals surface area contributed by atoms with Crippen molar-refractivity contribution < 1.29 is 4.79 Å². The number of hydrogen-bond donors (Lipinski definition) is 1. The first-order valence-electron chi connectivity index (χ1n) is 8.12. The molecule has 0 spiro atoms. The highest BCUT2D eigenvalue weighted by atomic mass is 16.1. The molecular weight excluding hydrogens is 316 g/mol. The zero-order chi connectivity index (χ0) is 17.8. The van der Waals surface area contributed by atoms with Crippen LogP contribution in [0.2, 0.25) is 0 Å². The Hall–Kier alpha value is -3.15. The topological polar surface area (TPSA) is 68.9 Å². The van der Waals surface area contributed by atoms with Crippen LogP contribution >= 0.6 is 0 Å². The van der Waals surface area contributed by atoms with Crippen LogP contribution in [0.5, 0.6) is 0 Å². The maximum Gasteiger partial charge on any atom is 0.250 e. The van der Waals surface area contributed by atoms with E-state index in [1.807, 2.05) is 48.9 Å². The van der Waals surface area contributed by atoms with Crippen molar-refractivity contribution in [1.82, 2.24) is 14.3 Å². The molecule has 0 aliphatic carbocycles. The van der Waals surface area contributed by atoms with Gasteiger partial charge >= 0.3 is 0 Å². The lowest BCUT2D eigenvalue weighted by molar-refractivity contribution is -0.116. The van der Waals surface area contributed by atoms with Crippen LogP contribution in [0.4, 0.5) is 5.69 Å². The van der Waals surface area contributed by atoms with Gasteiger partial charge in [0.1, 0.15) is 0 Å². The van der Waals surface area contributed by atoms with Gasteiger partial charge < -0.3 is 9.88 Å². The summed E-state index contributed by atoms with van der Waals surface area (Å²) in [4.78, 5) is 24.0. The van der Waals surface area contributed by atoms with Crippen LogP contribution in [0.25, 0.3) is 5.69 Å². The number of benzene rings is 1. The molecule has 0 atom stereocenters. The average Bonchev–Trinajstić information content (AvgIpc) is 2.93. The van der Waals surface area contributed by atoms with Crippen molar-refractivity contribution in [3.63, 3.8) is 0 Å². The smallest absolute Gasteiger partial charge is 0.250 e. The monoisotopic (exact) mass is 336 g/mol. The molecule has 1 amide bonds. The number of carbonyl (C=O) groups is 1. The first-order valence-corrected chi connectivity index (χ1v) is 8.12. The molecule has 0 aliphatic rings. The highest BCUT2D eigenvalue weighted by molar-refractivity contribution is 5.92. The minimum absolute atomic E-state index is 0.113. The van der Waals surface area contributed by atoms with Crippen molar-refractivity contribution in [2.24, 2.45) is 0 Å². The van der Waals surface area contributed by atoms with Crippen LogP contribution in [0.3, 0.4) is 0 Å². The number of aromatic nitrogens is 3. The Morgan fingerprint density at radius 2 is 1.88 bits per heavy atom. The summed E-state index contributed by atoms with van der Waals surface area (Å²) in [5, 5.41) is 7.39. The molecule has 0 aliphatic heterocycles. The summed E-state index contributed by atoms with van der Waals surface area (Å²) < 4.78 is 3.33. The van der Waals surface area contributed by atoms with Crippen LogP contribution in [-0.4, -0.2) is 20.3 Å². The van der Waals surface area contributed by atoms with E-state index < -0.39 is 0 Å². The first-order chi connectivity index (χ1) is 12.0. The van der Waals surface area contributed by atoms with Crippen molar-refractivity contribution in [3.05, 3.63) is 76.5 Å². The molecule has 128 valence electrons. The zero-order valence-electron chi connectivity index (χ0n) is 14.3. The lowest BCUT2D eigenvalue weighted by Gasteiger charge is -2.12. The Kier molecular flexibility index (Phi) is 4.79. The zero-order valence-corrected chi connectivity index (χ0v) is 14.3. The number of pyridine rings is 1. The number of anilines is 1. The third-order valence-electron chi connectivity index (χ3n) is 3.89. The molecule has 3 aromatic rings. The number of amides is 1. The van der Waals surface area contributed by atoms with E-state index in [1.54, 1.807) is 18.3 Å². The van der Waals surface area contributed by atoms with E-state index in [9.17, 15) is 9.59 Å². The fourth-order valence-corrected chi connectivity index (χ4v) is 2.72. The highest BCUT2D eigenvalue weighted by Crippen LogP contribution is 2.21. The lowest BCUT2D eigenvalue weighted by Crippen LogP contribution is -2.22. The fourth-order valence-electron chi connectivity index (χ4n) is 2.72. The normalized spacial score (nSPS) is 10.6. The fraction of sp³-hybridized carbons (Fsp3) is 0.211. The van der Waals surface area contributed by atoms with Crippen molar-refractivity contribution in [2.75, 3.05) is 5.32 Å². The molecule has 3 rings (SSSR count). The van der Waals surface area contributed by atoms with Crippen molar-refractivity contribution in [1.29, 1.82) is 0 Å². The second kappa shape index (κ2) is 7.17. The second-order valence-corrected chi connectivity index (χ2v) is 5.89. The molecule has 1 N–H and O–H groups in total. The Labute approximate surface area is 145 Å². The minimum Gasteiger partial charge on any atom is -0.324 e. The Bertz CT molecular complexity index is 956. The van der Waals surface area contributed by atoms with Crippen LogP contribution in [0, 0.1) is 13.8 Å². The molecule has 2 heterocycles. The number of carbonyl (C=O) groups excluding carboxylic acids is 1. The van der Waals surface area contributed by atoms with E-state index >= 15 is 0 Å². The molecule has 25 heavy (non-hydrogen) atoms. The van der Waals surface area contributed by atoms with Gasteiger partial charge in [0.25, 0.3) is 5.56 Å². The summed E-state index contributed by atoms with van der Waals surface area (Å²) in [5.74, 6) is -0.148. The molecule has 0 radical (unpaired) electrons. The van der Waals surface area contributed by atoms with E-state index in [1.165, 1.54) is 10.6 Å².